The summed E-state index contributed by atoms with van der Waals surface area (Å²) in [6, 6.07) is 6.03. The van der Waals surface area contributed by atoms with Gasteiger partial charge in [0.25, 0.3) is 5.79 Å². The van der Waals surface area contributed by atoms with E-state index in [0.29, 0.717) is 0 Å². The molecule has 1 aliphatic rings. The molecule has 9 heteroatoms. The Hall–Kier alpha value is -2.39. The maximum absolute atomic E-state index is 11.9. The first kappa shape index (κ1) is 17.0. The van der Waals surface area contributed by atoms with Crippen LogP contribution < -0.4 is 10.0 Å². The van der Waals surface area contributed by atoms with E-state index in [1.165, 1.54) is 33.0 Å². The van der Waals surface area contributed by atoms with Crippen LogP contribution in [0, 0.1) is 0 Å². The fraction of sp³-hybridized carbons (Fsp3) is 0.286. The number of cyclic esters (lactones) is 2. The van der Waals surface area contributed by atoms with E-state index in [1.807, 2.05) is 0 Å². The summed E-state index contributed by atoms with van der Waals surface area (Å²) < 4.78 is 35.9. The molecule has 0 aliphatic carbocycles. The monoisotopic (exact) mass is 340 g/mol. The number of anilines is 1. The molecule has 0 atom stereocenters. The smallest absolute Gasteiger partial charge is 0.350 e. The molecule has 0 amide bonds. The Bertz CT molecular complexity index is 760. The minimum absolute atomic E-state index is 0.0303. The van der Waals surface area contributed by atoms with Crippen LogP contribution in [0.2, 0.25) is 0 Å². The summed E-state index contributed by atoms with van der Waals surface area (Å²) in [6.07, 6.45) is 1.06. The molecule has 0 bridgehead atoms. The second-order valence-corrected chi connectivity index (χ2v) is 6.94. The number of hydrogen-bond acceptors (Lipinski definition) is 7. The van der Waals surface area contributed by atoms with Crippen molar-refractivity contribution in [2.75, 3.05) is 12.4 Å². The molecular weight excluding hydrogens is 324 g/mol. The number of ether oxygens (including phenoxy) is 2. The number of esters is 2. The first-order valence-corrected chi connectivity index (χ1v) is 8.10. The predicted molar refractivity (Wildman–Crippen MR) is 80.7 cm³/mol. The Morgan fingerprint density at radius 1 is 1.09 bits per heavy atom. The third-order valence-electron chi connectivity index (χ3n) is 2.93. The lowest BCUT2D eigenvalue weighted by molar-refractivity contribution is -0.222. The van der Waals surface area contributed by atoms with Crippen molar-refractivity contribution in [2.45, 2.75) is 24.5 Å². The van der Waals surface area contributed by atoms with Crippen LogP contribution in [0.5, 0.6) is 0 Å². The minimum Gasteiger partial charge on any atom is -0.419 e. The van der Waals surface area contributed by atoms with Crippen molar-refractivity contribution >= 4 is 27.6 Å². The van der Waals surface area contributed by atoms with Gasteiger partial charge in [0.1, 0.15) is 4.90 Å². The van der Waals surface area contributed by atoms with Gasteiger partial charge in [0, 0.05) is 20.0 Å². The van der Waals surface area contributed by atoms with E-state index in [1.54, 1.807) is 12.1 Å². The highest BCUT2D eigenvalue weighted by Gasteiger charge is 2.39. The number of carbonyl (C=O) groups is 2. The molecule has 1 saturated heterocycles. The van der Waals surface area contributed by atoms with Crippen LogP contribution in [-0.2, 0) is 29.1 Å². The molecule has 124 valence electrons. The molecule has 0 aromatic heterocycles. The van der Waals surface area contributed by atoms with Gasteiger partial charge in [-0.05, 0) is 19.2 Å². The van der Waals surface area contributed by atoms with Gasteiger partial charge in [-0.25, -0.2) is 22.7 Å². The van der Waals surface area contributed by atoms with Gasteiger partial charge in [0.15, 0.2) is 5.57 Å². The number of nitrogens with one attached hydrogen (secondary N) is 2. The van der Waals surface area contributed by atoms with Crippen molar-refractivity contribution in [3.63, 3.8) is 0 Å². The summed E-state index contributed by atoms with van der Waals surface area (Å²) in [5, 5.41) is 2.63. The molecule has 1 aromatic carbocycles. The van der Waals surface area contributed by atoms with Crippen LogP contribution in [0.4, 0.5) is 5.69 Å². The number of sulfonamides is 1. The highest BCUT2D eigenvalue weighted by atomic mass is 32.2. The van der Waals surface area contributed by atoms with Gasteiger partial charge < -0.3 is 14.8 Å². The van der Waals surface area contributed by atoms with E-state index in [4.69, 9.17) is 9.47 Å². The molecule has 1 heterocycles. The van der Waals surface area contributed by atoms with Crippen LogP contribution in [0.25, 0.3) is 0 Å². The maximum Gasteiger partial charge on any atom is 0.350 e. The zero-order valence-electron chi connectivity index (χ0n) is 12.7. The lowest BCUT2D eigenvalue weighted by atomic mass is 10.2. The molecule has 1 fully saturated rings. The van der Waals surface area contributed by atoms with Crippen LogP contribution in [0.1, 0.15) is 13.8 Å². The van der Waals surface area contributed by atoms with Crippen molar-refractivity contribution in [1.29, 1.82) is 0 Å². The van der Waals surface area contributed by atoms with Gasteiger partial charge in [0.05, 0.1) is 5.69 Å². The van der Waals surface area contributed by atoms with Crippen molar-refractivity contribution in [3.8, 4) is 0 Å². The summed E-state index contributed by atoms with van der Waals surface area (Å²) in [5.41, 5.74) is -0.166. The van der Waals surface area contributed by atoms with Crippen LogP contribution in [-0.4, -0.2) is 33.2 Å². The third kappa shape index (κ3) is 3.69. The summed E-state index contributed by atoms with van der Waals surface area (Å²) in [7, 11) is -2.42. The lowest BCUT2D eigenvalue weighted by Gasteiger charge is -2.29. The SMILES string of the molecule is CNS(=O)(=O)c1ccccc1NC=C1C(=O)OC(C)(C)OC1=O. The fourth-order valence-electron chi connectivity index (χ4n) is 1.86. The fourth-order valence-corrected chi connectivity index (χ4v) is 2.75. The standard InChI is InChI=1S/C14H16N2O6S/c1-14(2)21-12(17)9(13(18)22-14)8-16-10-6-4-5-7-11(10)23(19,20)15-3/h4-8,15-16H,1-3H3. The highest BCUT2D eigenvalue weighted by molar-refractivity contribution is 7.89. The van der Waals surface area contributed by atoms with Crippen LogP contribution in [0.15, 0.2) is 40.9 Å². The number of benzene rings is 1. The van der Waals surface area contributed by atoms with Gasteiger partial charge in [-0.2, -0.15) is 0 Å². The topological polar surface area (TPSA) is 111 Å². The average Bonchev–Trinajstić information content (AvgIpc) is 2.45. The Kier molecular flexibility index (Phi) is 4.44. The molecule has 2 rings (SSSR count). The second-order valence-electron chi connectivity index (χ2n) is 5.08. The van der Waals surface area contributed by atoms with Crippen LogP contribution >= 0.6 is 0 Å². The number of rotatable bonds is 4. The summed E-state index contributed by atoms with van der Waals surface area (Å²) in [4.78, 5) is 23.6. The van der Waals surface area contributed by atoms with Gasteiger partial charge in [-0.15, -0.1) is 0 Å². The molecule has 23 heavy (non-hydrogen) atoms. The highest BCUT2D eigenvalue weighted by Crippen LogP contribution is 2.24. The number of carbonyl (C=O) groups excluding carboxylic acids is 2. The van der Waals surface area contributed by atoms with Gasteiger partial charge >= 0.3 is 11.9 Å². The minimum atomic E-state index is -3.70. The normalized spacial score (nSPS) is 17.3. The van der Waals surface area contributed by atoms with Crippen molar-refractivity contribution in [1.82, 2.24) is 4.72 Å². The molecule has 0 unspecified atom stereocenters. The van der Waals surface area contributed by atoms with Crippen LogP contribution in [0.3, 0.4) is 0 Å². The quantitative estimate of drug-likeness (QED) is 0.472. The van der Waals surface area contributed by atoms with E-state index in [2.05, 4.69) is 10.0 Å². The summed E-state index contributed by atoms with van der Waals surface area (Å²) >= 11 is 0. The van der Waals surface area contributed by atoms with E-state index in [0.717, 1.165) is 6.20 Å². The number of para-hydroxylation sites is 1. The summed E-state index contributed by atoms with van der Waals surface area (Å²) in [6.45, 7) is 2.86. The maximum atomic E-state index is 11.9. The predicted octanol–water partition coefficient (Wildman–Crippen LogP) is 0.727. The zero-order chi connectivity index (χ0) is 17.3. The van der Waals surface area contributed by atoms with E-state index in [-0.39, 0.29) is 16.2 Å². The number of hydrogen-bond donors (Lipinski definition) is 2. The Labute approximate surface area is 133 Å². The first-order chi connectivity index (χ1) is 10.7. The Balaban J connectivity index is 2.31. The molecule has 0 radical (unpaired) electrons. The molecule has 0 spiro atoms. The van der Waals surface area contributed by atoms with E-state index >= 15 is 0 Å². The summed E-state index contributed by atoms with van der Waals surface area (Å²) in [5.74, 6) is -3.04. The molecule has 1 aliphatic heterocycles. The largest absolute Gasteiger partial charge is 0.419 e. The van der Waals surface area contributed by atoms with Gasteiger partial charge in [-0.3, -0.25) is 0 Å². The van der Waals surface area contributed by atoms with E-state index in [9.17, 15) is 18.0 Å². The van der Waals surface area contributed by atoms with Gasteiger partial charge in [-0.1, -0.05) is 12.1 Å². The third-order valence-corrected chi connectivity index (χ3v) is 4.41. The molecule has 0 saturated carbocycles. The molecule has 8 nitrogen and oxygen atoms in total. The molecule has 1 aromatic rings. The van der Waals surface area contributed by atoms with Crippen molar-refractivity contribution in [3.05, 3.63) is 36.0 Å². The Morgan fingerprint density at radius 3 is 2.22 bits per heavy atom. The zero-order valence-corrected chi connectivity index (χ0v) is 13.6. The average molecular weight is 340 g/mol. The molecular formula is C14H16N2O6S. The van der Waals surface area contributed by atoms with Crippen molar-refractivity contribution < 1.29 is 27.5 Å². The molecule has 2 N–H and O–H groups in total. The Morgan fingerprint density at radius 2 is 1.65 bits per heavy atom. The first-order valence-electron chi connectivity index (χ1n) is 6.62. The van der Waals surface area contributed by atoms with Crippen molar-refractivity contribution in [2.24, 2.45) is 0 Å². The van der Waals surface area contributed by atoms with Gasteiger partial charge in [0.2, 0.25) is 10.0 Å². The lowest BCUT2D eigenvalue weighted by Crippen LogP contribution is -2.42. The second kappa shape index (κ2) is 6.01. The van der Waals surface area contributed by atoms with E-state index < -0.39 is 27.7 Å².